The summed E-state index contributed by atoms with van der Waals surface area (Å²) in [5, 5.41) is 0. The lowest BCUT2D eigenvalue weighted by atomic mass is 9.85. The average Bonchev–Trinajstić information content (AvgIpc) is 2.15. The summed E-state index contributed by atoms with van der Waals surface area (Å²) in [5.74, 6) is 1.15. The molecule has 0 amide bonds. The lowest BCUT2D eigenvalue weighted by Crippen LogP contribution is -2.21. The number of aromatic nitrogens is 1. The van der Waals surface area contributed by atoms with Crippen LogP contribution >= 0.6 is 0 Å². The molecule has 0 fully saturated rings. The summed E-state index contributed by atoms with van der Waals surface area (Å²) in [5.41, 5.74) is 7.15. The maximum atomic E-state index is 5.85. The molecule has 2 nitrogen and oxygen atoms in total. The van der Waals surface area contributed by atoms with Gasteiger partial charge < -0.3 is 5.73 Å². The molecule has 14 heavy (non-hydrogen) atoms. The standard InChI is InChI=1S/C12H20N2/c1-9(2)12(7-10(3)13)11-5-4-6-14-8-11/h4-6,8-10,12H,7,13H2,1-3H3. The SMILES string of the molecule is CC(N)CC(c1cccnc1)C(C)C. The quantitative estimate of drug-likeness (QED) is 0.796. The zero-order valence-electron chi connectivity index (χ0n) is 9.27. The average molecular weight is 192 g/mol. The highest BCUT2D eigenvalue weighted by Gasteiger charge is 2.17. The molecule has 1 aromatic heterocycles. The fourth-order valence-corrected chi connectivity index (χ4v) is 1.79. The second-order valence-electron chi connectivity index (χ2n) is 4.35. The molecule has 1 rings (SSSR count). The molecule has 0 spiro atoms. The van der Waals surface area contributed by atoms with E-state index in [0.717, 1.165) is 6.42 Å². The fraction of sp³-hybridized carbons (Fsp3) is 0.583. The molecule has 1 heterocycles. The Morgan fingerprint density at radius 1 is 1.36 bits per heavy atom. The molecule has 2 N–H and O–H groups in total. The summed E-state index contributed by atoms with van der Waals surface area (Å²) in [6.07, 6.45) is 4.79. The van der Waals surface area contributed by atoms with Crippen LogP contribution in [0.2, 0.25) is 0 Å². The number of pyridine rings is 1. The van der Waals surface area contributed by atoms with Crippen molar-refractivity contribution in [2.24, 2.45) is 11.7 Å². The highest BCUT2D eigenvalue weighted by molar-refractivity contribution is 5.15. The highest BCUT2D eigenvalue weighted by Crippen LogP contribution is 2.27. The summed E-state index contributed by atoms with van der Waals surface area (Å²) in [6, 6.07) is 4.38. The van der Waals surface area contributed by atoms with Crippen LogP contribution in [-0.2, 0) is 0 Å². The van der Waals surface area contributed by atoms with Crippen LogP contribution < -0.4 is 5.73 Å². The minimum absolute atomic E-state index is 0.252. The molecule has 0 aromatic carbocycles. The lowest BCUT2D eigenvalue weighted by Gasteiger charge is -2.22. The van der Waals surface area contributed by atoms with Crippen molar-refractivity contribution in [3.63, 3.8) is 0 Å². The van der Waals surface area contributed by atoms with Gasteiger partial charge in [-0.25, -0.2) is 0 Å². The second kappa shape index (κ2) is 5.11. The van der Waals surface area contributed by atoms with Gasteiger partial charge in [0.05, 0.1) is 0 Å². The minimum Gasteiger partial charge on any atom is -0.328 e. The van der Waals surface area contributed by atoms with Crippen LogP contribution in [0.25, 0.3) is 0 Å². The van der Waals surface area contributed by atoms with E-state index in [1.165, 1.54) is 5.56 Å². The van der Waals surface area contributed by atoms with Gasteiger partial charge in [-0.05, 0) is 36.8 Å². The van der Waals surface area contributed by atoms with E-state index in [9.17, 15) is 0 Å². The summed E-state index contributed by atoms with van der Waals surface area (Å²) in [6.45, 7) is 6.53. The van der Waals surface area contributed by atoms with E-state index < -0.39 is 0 Å². The van der Waals surface area contributed by atoms with Crippen molar-refractivity contribution in [2.45, 2.75) is 39.2 Å². The van der Waals surface area contributed by atoms with Crippen LogP contribution in [0.15, 0.2) is 24.5 Å². The monoisotopic (exact) mass is 192 g/mol. The smallest absolute Gasteiger partial charge is 0.0302 e. The Morgan fingerprint density at radius 2 is 2.07 bits per heavy atom. The molecule has 0 aliphatic carbocycles. The van der Waals surface area contributed by atoms with Crippen LogP contribution in [0.3, 0.4) is 0 Å². The van der Waals surface area contributed by atoms with Gasteiger partial charge >= 0.3 is 0 Å². The number of nitrogens with two attached hydrogens (primary N) is 1. The van der Waals surface area contributed by atoms with Crippen molar-refractivity contribution >= 4 is 0 Å². The first-order valence-corrected chi connectivity index (χ1v) is 5.26. The molecule has 0 aliphatic rings. The van der Waals surface area contributed by atoms with Crippen molar-refractivity contribution in [3.8, 4) is 0 Å². The highest BCUT2D eigenvalue weighted by atomic mass is 14.6. The summed E-state index contributed by atoms with van der Waals surface area (Å²) >= 11 is 0. The first-order valence-electron chi connectivity index (χ1n) is 5.26. The number of hydrogen-bond acceptors (Lipinski definition) is 2. The third kappa shape index (κ3) is 3.11. The minimum atomic E-state index is 0.252. The molecule has 0 saturated carbocycles. The Labute approximate surface area is 86.5 Å². The van der Waals surface area contributed by atoms with Gasteiger partial charge in [0.25, 0.3) is 0 Å². The van der Waals surface area contributed by atoms with Gasteiger partial charge in [-0.1, -0.05) is 19.9 Å². The predicted octanol–water partition coefficient (Wildman–Crippen LogP) is 2.56. The maximum Gasteiger partial charge on any atom is 0.0302 e. The Kier molecular flexibility index (Phi) is 4.08. The third-order valence-corrected chi connectivity index (χ3v) is 2.54. The van der Waals surface area contributed by atoms with E-state index in [2.05, 4.69) is 31.8 Å². The number of hydrogen-bond donors (Lipinski definition) is 1. The zero-order chi connectivity index (χ0) is 10.6. The normalized spacial score (nSPS) is 15.5. The third-order valence-electron chi connectivity index (χ3n) is 2.54. The lowest BCUT2D eigenvalue weighted by molar-refractivity contribution is 0.437. The van der Waals surface area contributed by atoms with Gasteiger partial charge in [-0.15, -0.1) is 0 Å². The molecule has 0 bridgehead atoms. The summed E-state index contributed by atoms with van der Waals surface area (Å²) in [7, 11) is 0. The fourth-order valence-electron chi connectivity index (χ4n) is 1.79. The van der Waals surface area contributed by atoms with E-state index in [0.29, 0.717) is 11.8 Å². The Bertz CT molecular complexity index is 254. The molecule has 0 radical (unpaired) electrons. The molecule has 2 atom stereocenters. The molecular formula is C12H20N2. The van der Waals surface area contributed by atoms with E-state index in [1.54, 1.807) is 0 Å². The van der Waals surface area contributed by atoms with Gasteiger partial charge in [-0.2, -0.15) is 0 Å². The Hall–Kier alpha value is -0.890. The largest absolute Gasteiger partial charge is 0.328 e. The van der Waals surface area contributed by atoms with Crippen LogP contribution in [0.1, 0.15) is 38.7 Å². The zero-order valence-corrected chi connectivity index (χ0v) is 9.27. The first-order chi connectivity index (χ1) is 6.61. The van der Waals surface area contributed by atoms with Crippen LogP contribution in [0, 0.1) is 5.92 Å². The van der Waals surface area contributed by atoms with Crippen molar-refractivity contribution < 1.29 is 0 Å². The number of nitrogens with zero attached hydrogens (tertiary/aromatic N) is 1. The first kappa shape index (κ1) is 11.2. The molecule has 2 heteroatoms. The number of rotatable bonds is 4. The van der Waals surface area contributed by atoms with Gasteiger partial charge in [0.1, 0.15) is 0 Å². The molecule has 2 unspecified atom stereocenters. The van der Waals surface area contributed by atoms with Crippen molar-refractivity contribution in [1.29, 1.82) is 0 Å². The van der Waals surface area contributed by atoms with Gasteiger partial charge in [0.15, 0.2) is 0 Å². The Balaban J connectivity index is 2.78. The van der Waals surface area contributed by atoms with Crippen molar-refractivity contribution in [2.75, 3.05) is 0 Å². The van der Waals surface area contributed by atoms with E-state index >= 15 is 0 Å². The van der Waals surface area contributed by atoms with Crippen LogP contribution in [0.4, 0.5) is 0 Å². The topological polar surface area (TPSA) is 38.9 Å². The van der Waals surface area contributed by atoms with Crippen molar-refractivity contribution in [1.82, 2.24) is 4.98 Å². The molecule has 0 aliphatic heterocycles. The van der Waals surface area contributed by atoms with Crippen molar-refractivity contribution in [3.05, 3.63) is 30.1 Å². The van der Waals surface area contributed by atoms with E-state index in [1.807, 2.05) is 18.5 Å². The molecule has 1 aromatic rings. The second-order valence-corrected chi connectivity index (χ2v) is 4.35. The van der Waals surface area contributed by atoms with Gasteiger partial charge in [0, 0.05) is 18.4 Å². The predicted molar refractivity (Wildman–Crippen MR) is 60.1 cm³/mol. The molecular weight excluding hydrogens is 172 g/mol. The van der Waals surface area contributed by atoms with Gasteiger partial charge in [-0.3, -0.25) is 4.98 Å². The van der Waals surface area contributed by atoms with Gasteiger partial charge in [0.2, 0.25) is 0 Å². The van der Waals surface area contributed by atoms with Crippen LogP contribution in [-0.4, -0.2) is 11.0 Å². The summed E-state index contributed by atoms with van der Waals surface area (Å²) < 4.78 is 0. The maximum absolute atomic E-state index is 5.85. The molecule has 0 saturated heterocycles. The Morgan fingerprint density at radius 3 is 2.50 bits per heavy atom. The van der Waals surface area contributed by atoms with E-state index in [4.69, 9.17) is 5.73 Å². The summed E-state index contributed by atoms with van der Waals surface area (Å²) in [4.78, 5) is 4.15. The van der Waals surface area contributed by atoms with Crippen LogP contribution in [0.5, 0.6) is 0 Å². The molecule has 78 valence electrons. The van der Waals surface area contributed by atoms with E-state index in [-0.39, 0.29) is 6.04 Å².